The molecule has 0 aromatic heterocycles. The fourth-order valence-electron chi connectivity index (χ4n) is 4.95. The van der Waals surface area contributed by atoms with Crippen molar-refractivity contribution in [3.05, 3.63) is 58.5 Å². The van der Waals surface area contributed by atoms with Crippen molar-refractivity contribution in [2.24, 2.45) is 17.6 Å². The first-order valence-corrected chi connectivity index (χ1v) is 14.3. The Balaban J connectivity index is 2.61. The number of hydrogen-bond donors (Lipinski definition) is 4. The molecule has 2 rings (SSSR count). The van der Waals surface area contributed by atoms with Gasteiger partial charge in [0.2, 0.25) is 11.6 Å². The summed E-state index contributed by atoms with van der Waals surface area (Å²) in [6, 6.07) is 0. The van der Waals surface area contributed by atoms with E-state index in [1.165, 1.54) is 20.3 Å². The van der Waals surface area contributed by atoms with Gasteiger partial charge in [0.1, 0.15) is 6.10 Å². The molecule has 1 heterocycles. The summed E-state index contributed by atoms with van der Waals surface area (Å²) in [4.78, 5) is 51.3. The van der Waals surface area contributed by atoms with E-state index in [2.05, 4.69) is 10.6 Å². The standard InChI is InChI=1S/C30H42ClN3O8/c1-16-12-20-25(33-11-10-31)22(35)15-21(27(20)37)34-29(38)17(2)8-7-9-23(40-5)28(42-30(32)39)19(4)14-18(3)26(36)24(13-16)41-6/h7-9,14-16,18,23-24,26,28,33,36H,10-13H2,1-6H3,(H2,32,39)(H,34,38)/b9-7-,17-8-,19-14-/t16-,18-,23-,24-,26-,28-/m1/s1. The number of carbonyl (C=O) groups excluding carboxylic acids is 4. The topological polar surface area (TPSA) is 166 Å². The fraction of sp³-hybridized carbons (Fsp3) is 0.533. The molecule has 0 unspecified atom stereocenters. The number of ketones is 2. The molecule has 0 aromatic carbocycles. The van der Waals surface area contributed by atoms with Gasteiger partial charge < -0.3 is 35.7 Å². The summed E-state index contributed by atoms with van der Waals surface area (Å²) in [5, 5.41) is 16.7. The second kappa shape index (κ2) is 16.4. The first kappa shape index (κ1) is 34.9. The number of methoxy groups -OCH3 is 2. The summed E-state index contributed by atoms with van der Waals surface area (Å²) in [6.07, 6.45) is 3.71. The Kier molecular flexibility index (Phi) is 13.6. The van der Waals surface area contributed by atoms with Crippen LogP contribution in [0.25, 0.3) is 0 Å². The molecule has 0 saturated heterocycles. The van der Waals surface area contributed by atoms with Crippen LogP contribution < -0.4 is 16.4 Å². The Hall–Kier alpha value is -3.25. The van der Waals surface area contributed by atoms with Crippen LogP contribution in [-0.2, 0) is 28.6 Å². The molecule has 2 bridgehead atoms. The molecule has 42 heavy (non-hydrogen) atoms. The summed E-state index contributed by atoms with van der Waals surface area (Å²) in [5.41, 5.74) is 6.38. The summed E-state index contributed by atoms with van der Waals surface area (Å²) in [5.74, 6) is -1.96. The van der Waals surface area contributed by atoms with E-state index in [1.807, 2.05) is 6.92 Å². The minimum absolute atomic E-state index is 0.138. The van der Waals surface area contributed by atoms with Gasteiger partial charge in [-0.15, -0.1) is 11.6 Å². The molecule has 1 aliphatic carbocycles. The molecule has 0 aromatic rings. The number of amides is 2. The molecule has 2 amide bonds. The maximum Gasteiger partial charge on any atom is 0.405 e. The van der Waals surface area contributed by atoms with Crippen molar-refractivity contribution in [3.63, 3.8) is 0 Å². The van der Waals surface area contributed by atoms with Crippen LogP contribution in [0, 0.1) is 11.8 Å². The van der Waals surface area contributed by atoms with Gasteiger partial charge in [0.05, 0.1) is 23.6 Å². The Bertz CT molecular complexity index is 1190. The van der Waals surface area contributed by atoms with Crippen molar-refractivity contribution in [3.8, 4) is 0 Å². The number of halogens is 1. The molecular formula is C30H42ClN3O8. The third-order valence-electron chi connectivity index (χ3n) is 7.19. The third kappa shape index (κ3) is 9.38. The quantitative estimate of drug-likeness (QED) is 0.202. The van der Waals surface area contributed by atoms with Crippen molar-refractivity contribution < 1.29 is 38.5 Å². The van der Waals surface area contributed by atoms with Gasteiger partial charge in [-0.2, -0.15) is 0 Å². The van der Waals surface area contributed by atoms with E-state index in [-0.39, 0.29) is 47.3 Å². The average Bonchev–Trinajstić information content (AvgIpc) is 2.94. The number of alkyl halides is 1. The number of Topliss-reactive ketones (excluding diaryl/α,β-unsaturated/α-hetero) is 1. The predicted octanol–water partition coefficient (Wildman–Crippen LogP) is 2.59. The predicted molar refractivity (Wildman–Crippen MR) is 158 cm³/mol. The lowest BCUT2D eigenvalue weighted by Gasteiger charge is -2.30. The van der Waals surface area contributed by atoms with Gasteiger partial charge in [0, 0.05) is 49.8 Å². The number of primary amides is 1. The number of ether oxygens (including phenoxy) is 3. The zero-order chi connectivity index (χ0) is 31.6. The highest BCUT2D eigenvalue weighted by Gasteiger charge is 2.33. The number of carbonyl (C=O) groups is 4. The first-order chi connectivity index (χ1) is 19.8. The monoisotopic (exact) mass is 607 g/mol. The molecule has 0 saturated carbocycles. The van der Waals surface area contributed by atoms with Crippen LogP contribution >= 0.6 is 11.6 Å². The van der Waals surface area contributed by atoms with E-state index in [9.17, 15) is 24.3 Å². The first-order valence-electron chi connectivity index (χ1n) is 13.7. The van der Waals surface area contributed by atoms with E-state index >= 15 is 0 Å². The Morgan fingerprint density at radius 3 is 2.48 bits per heavy atom. The molecule has 5 N–H and O–H groups in total. The van der Waals surface area contributed by atoms with Gasteiger partial charge in [-0.1, -0.05) is 38.2 Å². The molecule has 2 aliphatic rings. The van der Waals surface area contributed by atoms with Crippen molar-refractivity contribution in [2.45, 2.75) is 65.0 Å². The summed E-state index contributed by atoms with van der Waals surface area (Å²) >= 11 is 5.82. The van der Waals surface area contributed by atoms with Gasteiger partial charge in [-0.05, 0) is 38.2 Å². The van der Waals surface area contributed by atoms with E-state index < -0.39 is 53.9 Å². The maximum atomic E-state index is 13.5. The molecule has 1 aliphatic heterocycles. The highest BCUT2D eigenvalue weighted by Crippen LogP contribution is 2.28. The van der Waals surface area contributed by atoms with Crippen LogP contribution in [0.5, 0.6) is 0 Å². The lowest BCUT2D eigenvalue weighted by molar-refractivity contribution is -0.120. The number of fused-ring (bicyclic) bond motifs is 2. The number of allylic oxidation sites excluding steroid dienone is 4. The van der Waals surface area contributed by atoms with Crippen LogP contribution in [0.3, 0.4) is 0 Å². The summed E-state index contributed by atoms with van der Waals surface area (Å²) < 4.78 is 16.5. The normalized spacial score (nSPS) is 31.7. The number of aliphatic hydroxyl groups excluding tert-OH is 1. The average molecular weight is 608 g/mol. The Labute approximate surface area is 251 Å². The fourth-order valence-corrected chi connectivity index (χ4v) is 5.05. The smallest absolute Gasteiger partial charge is 0.405 e. The number of nitrogens with one attached hydrogen (secondary N) is 2. The van der Waals surface area contributed by atoms with Gasteiger partial charge in [0.15, 0.2) is 6.10 Å². The Morgan fingerprint density at radius 2 is 1.88 bits per heavy atom. The van der Waals surface area contributed by atoms with E-state index in [1.54, 1.807) is 39.0 Å². The van der Waals surface area contributed by atoms with Crippen LogP contribution in [0.15, 0.2) is 58.5 Å². The van der Waals surface area contributed by atoms with Crippen LogP contribution in [-0.4, -0.2) is 79.7 Å². The summed E-state index contributed by atoms with van der Waals surface area (Å²) in [6.45, 7) is 7.22. The zero-order valence-corrected chi connectivity index (χ0v) is 25.7. The number of aliphatic hydroxyl groups is 1. The van der Waals surface area contributed by atoms with Crippen LogP contribution in [0.2, 0.25) is 0 Å². The molecule has 11 nitrogen and oxygen atoms in total. The second-order valence-corrected chi connectivity index (χ2v) is 10.9. The van der Waals surface area contributed by atoms with Gasteiger partial charge in [-0.25, -0.2) is 4.79 Å². The molecule has 0 fully saturated rings. The van der Waals surface area contributed by atoms with Crippen molar-refractivity contribution in [1.29, 1.82) is 0 Å². The van der Waals surface area contributed by atoms with E-state index in [4.69, 9.17) is 31.5 Å². The SMILES string of the molecule is CO[C@@H]1/C=C\C=C(\C)C(=O)NC2=CC(=O)C(NCCCl)=C(C[C@@H](C)C[C@@H](OC)[C@H](O)[C@H](C)/C=C(/C)[C@H]1OC(N)=O)C2=O. The second-order valence-electron chi connectivity index (χ2n) is 10.5. The molecule has 0 spiro atoms. The highest BCUT2D eigenvalue weighted by molar-refractivity contribution is 6.23. The number of nitrogens with two attached hydrogens (primary N) is 1. The number of hydrogen-bond acceptors (Lipinski definition) is 9. The minimum Gasteiger partial charge on any atom is -0.439 e. The van der Waals surface area contributed by atoms with Crippen molar-refractivity contribution in [1.82, 2.24) is 10.6 Å². The van der Waals surface area contributed by atoms with Crippen LogP contribution in [0.1, 0.15) is 40.5 Å². The van der Waals surface area contributed by atoms with Crippen molar-refractivity contribution in [2.75, 3.05) is 26.6 Å². The lowest BCUT2D eigenvalue weighted by atomic mass is 9.85. The lowest BCUT2D eigenvalue weighted by Crippen LogP contribution is -2.38. The van der Waals surface area contributed by atoms with Crippen molar-refractivity contribution >= 4 is 35.2 Å². The number of rotatable bonds is 6. The van der Waals surface area contributed by atoms with Gasteiger partial charge in [0.25, 0.3) is 5.91 Å². The highest BCUT2D eigenvalue weighted by atomic mass is 35.5. The molecule has 0 radical (unpaired) electrons. The zero-order valence-electron chi connectivity index (χ0n) is 24.9. The Morgan fingerprint density at radius 1 is 1.19 bits per heavy atom. The van der Waals surface area contributed by atoms with Gasteiger partial charge >= 0.3 is 6.09 Å². The summed E-state index contributed by atoms with van der Waals surface area (Å²) in [7, 11) is 2.91. The van der Waals surface area contributed by atoms with Gasteiger partial charge in [-0.3, -0.25) is 14.4 Å². The minimum atomic E-state index is -1.00. The third-order valence-corrected chi connectivity index (χ3v) is 7.38. The van der Waals surface area contributed by atoms with E-state index in [0.717, 1.165) is 6.08 Å². The molecular weight excluding hydrogens is 566 g/mol. The maximum absolute atomic E-state index is 13.5. The van der Waals surface area contributed by atoms with E-state index in [0.29, 0.717) is 12.0 Å². The largest absolute Gasteiger partial charge is 0.439 e. The molecule has 12 heteroatoms. The van der Waals surface area contributed by atoms with Crippen LogP contribution in [0.4, 0.5) is 4.79 Å². The molecule has 6 atom stereocenters. The molecule has 232 valence electrons.